The van der Waals surface area contributed by atoms with Gasteiger partial charge >= 0.3 is 51.4 Å². The summed E-state index contributed by atoms with van der Waals surface area (Å²) in [4.78, 5) is 20.7. The number of imidazole rings is 1. The quantitative estimate of drug-likeness (QED) is 0.407. The monoisotopic (exact) mass is 323 g/mol. The van der Waals surface area contributed by atoms with Gasteiger partial charge in [0, 0.05) is 23.9 Å². The Hall–Kier alpha value is -0.594. The van der Waals surface area contributed by atoms with Gasteiger partial charge in [0.05, 0.1) is 0 Å². The molecule has 100 valence electrons. The van der Waals surface area contributed by atoms with Crippen LogP contribution in [0.3, 0.4) is 0 Å². The molecule has 3 rings (SSSR count). The van der Waals surface area contributed by atoms with E-state index < -0.39 is 7.37 Å². The molecule has 0 spiro atoms. The molecular formula is C14H11KN3O2P. The van der Waals surface area contributed by atoms with E-state index in [1.54, 1.807) is 60.9 Å². The first-order valence-corrected chi connectivity index (χ1v) is 7.64. The number of aromatic nitrogens is 3. The number of pyridine rings is 1. The summed E-state index contributed by atoms with van der Waals surface area (Å²) >= 11 is 0. The fraction of sp³-hybridized carbons (Fsp3) is 0. The van der Waals surface area contributed by atoms with Gasteiger partial charge in [-0.2, -0.15) is 0 Å². The first kappa shape index (κ1) is 16.8. The van der Waals surface area contributed by atoms with Gasteiger partial charge in [0.2, 0.25) is 0 Å². The summed E-state index contributed by atoms with van der Waals surface area (Å²) < 4.78 is 14.1. The fourth-order valence-electron chi connectivity index (χ4n) is 1.93. The third kappa shape index (κ3) is 3.43. The van der Waals surface area contributed by atoms with Gasteiger partial charge < -0.3 is 9.46 Å². The second-order valence-corrected chi connectivity index (χ2v) is 6.19. The second-order valence-electron chi connectivity index (χ2n) is 4.17. The van der Waals surface area contributed by atoms with Crippen LogP contribution >= 0.6 is 7.37 Å². The van der Waals surface area contributed by atoms with Crippen molar-refractivity contribution in [1.82, 2.24) is 14.5 Å². The van der Waals surface area contributed by atoms with Gasteiger partial charge in [-0.15, -0.1) is 0 Å². The summed E-state index contributed by atoms with van der Waals surface area (Å²) in [5.41, 5.74) is -0.0117. The minimum absolute atomic E-state index is 0. The largest absolute Gasteiger partial charge is 1.00 e. The zero-order valence-corrected chi connectivity index (χ0v) is 15.5. The number of nitrogens with zero attached hydrogens (tertiary/aromatic N) is 3. The van der Waals surface area contributed by atoms with Crippen molar-refractivity contribution in [2.75, 3.05) is 0 Å². The number of rotatable bonds is 3. The normalized spacial score (nSPS) is 13.2. The summed E-state index contributed by atoms with van der Waals surface area (Å²) in [5.74, 6) is 0.520. The maximum Gasteiger partial charge on any atom is 1.00 e. The molecule has 2 heterocycles. The number of hydrogen-bond donors (Lipinski definition) is 0. The SMILES string of the molecule is O=P([O-])(c1ccccc1)c1nccn1-c1ccccn1.[K+]. The smallest absolute Gasteiger partial charge is 0.790 e. The molecule has 3 aromatic rings. The van der Waals surface area contributed by atoms with Crippen molar-refractivity contribution < 1.29 is 60.8 Å². The molecule has 0 saturated carbocycles. The predicted octanol–water partition coefficient (Wildman–Crippen LogP) is -2.14. The van der Waals surface area contributed by atoms with Gasteiger partial charge in [-0.05, 0) is 12.1 Å². The van der Waals surface area contributed by atoms with Crippen LogP contribution in [0, 0.1) is 0 Å². The average Bonchev–Trinajstić information content (AvgIpc) is 2.99. The van der Waals surface area contributed by atoms with Crippen LogP contribution in [-0.2, 0) is 4.57 Å². The van der Waals surface area contributed by atoms with E-state index in [-0.39, 0.29) is 62.3 Å². The van der Waals surface area contributed by atoms with Crippen LogP contribution in [0.4, 0.5) is 0 Å². The van der Waals surface area contributed by atoms with E-state index in [0.717, 1.165) is 0 Å². The average molecular weight is 323 g/mol. The first-order chi connectivity index (χ1) is 9.69. The van der Waals surface area contributed by atoms with Crippen molar-refractivity contribution in [3.8, 4) is 5.82 Å². The van der Waals surface area contributed by atoms with Gasteiger partial charge in [-0.1, -0.05) is 36.4 Å². The molecule has 0 aliphatic rings. The molecule has 0 aliphatic heterocycles. The molecule has 5 nitrogen and oxygen atoms in total. The van der Waals surface area contributed by atoms with E-state index in [1.165, 1.54) is 10.8 Å². The van der Waals surface area contributed by atoms with E-state index in [1.807, 2.05) is 0 Å². The molecule has 7 heteroatoms. The van der Waals surface area contributed by atoms with Crippen LogP contribution in [0.25, 0.3) is 5.82 Å². The van der Waals surface area contributed by atoms with Crippen molar-refractivity contribution in [2.24, 2.45) is 0 Å². The molecule has 0 fully saturated rings. The van der Waals surface area contributed by atoms with E-state index in [4.69, 9.17) is 0 Å². The Morgan fingerprint density at radius 2 is 1.67 bits per heavy atom. The Bertz CT molecular complexity index is 762. The van der Waals surface area contributed by atoms with Gasteiger partial charge in [0.1, 0.15) is 13.2 Å². The third-order valence-electron chi connectivity index (χ3n) is 2.88. The van der Waals surface area contributed by atoms with Crippen molar-refractivity contribution in [3.05, 3.63) is 67.1 Å². The van der Waals surface area contributed by atoms with Crippen molar-refractivity contribution in [3.63, 3.8) is 0 Å². The van der Waals surface area contributed by atoms with Crippen molar-refractivity contribution >= 4 is 18.2 Å². The standard InChI is InChI=1S/C14H12N3O2P.K/c18-20(19,12-6-2-1-3-7-12)14-16-10-11-17(14)13-8-4-5-9-15-13;/h1-11H,(H,18,19);/q;+1/p-1. The summed E-state index contributed by atoms with van der Waals surface area (Å²) in [5, 5.41) is 0.239. The van der Waals surface area contributed by atoms with Crippen LogP contribution in [-0.4, -0.2) is 14.5 Å². The van der Waals surface area contributed by atoms with E-state index >= 15 is 0 Å². The van der Waals surface area contributed by atoms with Gasteiger partial charge in [0.25, 0.3) is 0 Å². The zero-order valence-electron chi connectivity index (χ0n) is 11.5. The Morgan fingerprint density at radius 1 is 0.952 bits per heavy atom. The zero-order chi connectivity index (χ0) is 14.0. The Labute approximate surface area is 164 Å². The minimum atomic E-state index is -3.99. The molecule has 1 atom stereocenters. The van der Waals surface area contributed by atoms with Gasteiger partial charge in [-0.25, -0.2) is 9.97 Å². The maximum atomic E-state index is 12.6. The van der Waals surface area contributed by atoms with E-state index in [9.17, 15) is 9.46 Å². The molecular weight excluding hydrogens is 312 g/mol. The van der Waals surface area contributed by atoms with Crippen LogP contribution in [0.1, 0.15) is 0 Å². The molecule has 0 amide bonds. The summed E-state index contributed by atoms with van der Waals surface area (Å²) in [6.45, 7) is 0. The minimum Gasteiger partial charge on any atom is -0.790 e. The Balaban J connectivity index is 0.00000161. The molecule has 0 bridgehead atoms. The Morgan fingerprint density at radius 3 is 2.33 bits per heavy atom. The van der Waals surface area contributed by atoms with Crippen LogP contribution in [0.5, 0.6) is 0 Å². The van der Waals surface area contributed by atoms with E-state index in [0.29, 0.717) is 5.82 Å². The molecule has 0 aliphatic carbocycles. The van der Waals surface area contributed by atoms with Crippen LogP contribution < -0.4 is 67.1 Å². The number of hydrogen-bond acceptors (Lipinski definition) is 4. The maximum absolute atomic E-state index is 12.6. The molecule has 1 unspecified atom stereocenters. The van der Waals surface area contributed by atoms with Crippen molar-refractivity contribution in [2.45, 2.75) is 0 Å². The predicted molar refractivity (Wildman–Crippen MR) is 74.7 cm³/mol. The summed E-state index contributed by atoms with van der Waals surface area (Å²) in [7, 11) is -3.99. The van der Waals surface area contributed by atoms with Gasteiger partial charge in [-0.3, -0.25) is 4.57 Å². The van der Waals surface area contributed by atoms with Crippen LogP contribution in [0.2, 0.25) is 0 Å². The topological polar surface area (TPSA) is 70.8 Å². The molecule has 0 saturated heterocycles. The molecule has 2 aromatic heterocycles. The fourth-order valence-corrected chi connectivity index (χ4v) is 3.40. The molecule has 1 aromatic carbocycles. The number of benzene rings is 1. The molecule has 0 N–H and O–H groups in total. The second kappa shape index (κ2) is 7.11. The van der Waals surface area contributed by atoms with Crippen LogP contribution in [0.15, 0.2) is 67.1 Å². The molecule has 0 radical (unpaired) electrons. The molecule has 21 heavy (non-hydrogen) atoms. The van der Waals surface area contributed by atoms with E-state index in [2.05, 4.69) is 9.97 Å². The Kier molecular flexibility index (Phi) is 5.68. The summed E-state index contributed by atoms with van der Waals surface area (Å²) in [6.07, 6.45) is 4.65. The van der Waals surface area contributed by atoms with Gasteiger partial charge in [0.15, 0.2) is 5.57 Å². The summed E-state index contributed by atoms with van der Waals surface area (Å²) in [6, 6.07) is 13.6. The first-order valence-electron chi connectivity index (χ1n) is 6.01. The third-order valence-corrected chi connectivity index (χ3v) is 4.71. The van der Waals surface area contributed by atoms with Crippen molar-refractivity contribution in [1.29, 1.82) is 0 Å².